The Bertz CT molecular complexity index is 4600. The second-order valence-electron chi connectivity index (χ2n) is 22.5. The van der Waals surface area contributed by atoms with Crippen molar-refractivity contribution < 1.29 is 9.47 Å². The third-order valence-electron chi connectivity index (χ3n) is 18.5. The van der Waals surface area contributed by atoms with Crippen molar-refractivity contribution in [3.63, 3.8) is 0 Å². The van der Waals surface area contributed by atoms with Crippen LogP contribution in [0.2, 0.25) is 0 Å². The van der Waals surface area contributed by atoms with Gasteiger partial charge in [0.1, 0.15) is 0 Å². The Balaban J connectivity index is 0.771. The maximum Gasteiger partial charge on any atom is 0.178 e. The summed E-state index contributed by atoms with van der Waals surface area (Å²) in [6.45, 7) is 0. The predicted molar refractivity (Wildman–Crippen MR) is 338 cm³/mol. The SMILES string of the molecule is C1=CCC(C2(c3ccccc3)c3ccccc3-c3ccc(-c4ccc(N(c5ccc(-c6ccccc6)cc5)c5ccccc5-c5ccc6c(c5)Oc5c(ccc7c5-c5ccccc5C75c7ccccc7-c7ccccc75)O6)cc4)cc32)C=C1. The number of fused-ring (bicyclic) bond motifs is 16. The third kappa shape index (κ3) is 6.92. The summed E-state index contributed by atoms with van der Waals surface area (Å²) >= 11 is 0. The van der Waals surface area contributed by atoms with E-state index < -0.39 is 5.41 Å². The average Bonchev–Trinajstić information content (AvgIpc) is 2.03. The van der Waals surface area contributed by atoms with Crippen molar-refractivity contribution in [2.75, 3.05) is 4.90 Å². The number of ether oxygens (including phenoxy) is 2. The van der Waals surface area contributed by atoms with E-state index in [-0.39, 0.29) is 11.3 Å². The highest BCUT2D eigenvalue weighted by atomic mass is 16.6. The van der Waals surface area contributed by atoms with Crippen LogP contribution in [0.5, 0.6) is 23.0 Å². The van der Waals surface area contributed by atoms with Gasteiger partial charge in [-0.25, -0.2) is 0 Å². The Morgan fingerprint density at radius 3 is 1.53 bits per heavy atom. The summed E-state index contributed by atoms with van der Waals surface area (Å²) < 4.78 is 14.1. The first-order chi connectivity index (χ1) is 41.2. The Labute approximate surface area is 484 Å². The smallest absolute Gasteiger partial charge is 0.178 e. The Morgan fingerprint density at radius 1 is 0.337 bits per heavy atom. The molecule has 0 N–H and O–H groups in total. The maximum absolute atomic E-state index is 7.27. The third-order valence-corrected chi connectivity index (χ3v) is 18.5. The highest BCUT2D eigenvalue weighted by Crippen LogP contribution is 2.67. The van der Waals surface area contributed by atoms with Crippen molar-refractivity contribution in [3.05, 3.63) is 342 Å². The van der Waals surface area contributed by atoms with Crippen molar-refractivity contribution in [1.29, 1.82) is 0 Å². The van der Waals surface area contributed by atoms with Crippen molar-refractivity contribution in [3.8, 4) is 89.8 Å². The number of nitrogens with zero attached hydrogens (tertiary/aromatic N) is 1. The van der Waals surface area contributed by atoms with Crippen molar-refractivity contribution in [2.45, 2.75) is 17.3 Å². The molecule has 83 heavy (non-hydrogen) atoms. The van der Waals surface area contributed by atoms with E-state index in [0.29, 0.717) is 17.2 Å². The molecule has 1 spiro atoms. The minimum Gasteiger partial charge on any atom is -0.449 e. The first-order valence-corrected chi connectivity index (χ1v) is 28.9. The van der Waals surface area contributed by atoms with Crippen LogP contribution in [0.3, 0.4) is 0 Å². The van der Waals surface area contributed by atoms with E-state index in [9.17, 15) is 0 Å². The molecule has 3 nitrogen and oxygen atoms in total. The number of benzene rings is 12. The minimum atomic E-state index is -0.494. The van der Waals surface area contributed by atoms with Crippen molar-refractivity contribution in [1.82, 2.24) is 0 Å². The van der Waals surface area contributed by atoms with Gasteiger partial charge in [0, 0.05) is 22.5 Å². The fourth-order valence-electron chi connectivity index (χ4n) is 15.0. The summed E-state index contributed by atoms with van der Waals surface area (Å²) in [5, 5.41) is 0. The summed E-state index contributed by atoms with van der Waals surface area (Å²) in [5.41, 5.74) is 25.6. The Morgan fingerprint density at radius 2 is 0.855 bits per heavy atom. The molecule has 0 aromatic heterocycles. The zero-order valence-corrected chi connectivity index (χ0v) is 45.4. The van der Waals surface area contributed by atoms with Crippen LogP contribution in [0.25, 0.3) is 66.8 Å². The highest BCUT2D eigenvalue weighted by Gasteiger charge is 2.53. The van der Waals surface area contributed by atoms with Gasteiger partial charge in [0.05, 0.1) is 16.5 Å². The summed E-state index contributed by atoms with van der Waals surface area (Å²) in [5.74, 6) is 3.07. The van der Waals surface area contributed by atoms with Crippen LogP contribution in [0.15, 0.2) is 303 Å². The van der Waals surface area contributed by atoms with Gasteiger partial charge in [-0.15, -0.1) is 0 Å². The first kappa shape index (κ1) is 47.3. The number of hydrogen-bond acceptors (Lipinski definition) is 3. The second kappa shape index (κ2) is 18.5. The molecule has 0 radical (unpaired) electrons. The molecule has 390 valence electrons. The molecule has 5 aliphatic rings. The number of anilines is 3. The summed E-state index contributed by atoms with van der Waals surface area (Å²) in [6.07, 6.45) is 10.1. The van der Waals surface area contributed by atoms with Gasteiger partial charge in [0.15, 0.2) is 23.0 Å². The molecule has 0 bridgehead atoms. The molecule has 0 fully saturated rings. The fourth-order valence-corrected chi connectivity index (χ4v) is 15.0. The zero-order chi connectivity index (χ0) is 54.6. The van der Waals surface area contributed by atoms with Crippen molar-refractivity contribution >= 4 is 17.1 Å². The van der Waals surface area contributed by atoms with Gasteiger partial charge in [-0.1, -0.05) is 249 Å². The lowest BCUT2D eigenvalue weighted by Crippen LogP contribution is -2.35. The van der Waals surface area contributed by atoms with Crippen LogP contribution in [-0.4, -0.2) is 0 Å². The molecule has 2 unspecified atom stereocenters. The number of para-hydroxylation sites is 1. The number of rotatable bonds is 8. The monoisotopic (exact) mass is 1060 g/mol. The van der Waals surface area contributed by atoms with Gasteiger partial charge in [-0.2, -0.15) is 0 Å². The lowest BCUT2D eigenvalue weighted by Gasteiger charge is -2.39. The Kier molecular flexibility index (Phi) is 10.6. The van der Waals surface area contributed by atoms with Crippen LogP contribution in [0.4, 0.5) is 17.1 Å². The zero-order valence-electron chi connectivity index (χ0n) is 45.4. The van der Waals surface area contributed by atoms with Crippen LogP contribution in [0, 0.1) is 5.92 Å². The molecule has 3 heteroatoms. The predicted octanol–water partition coefficient (Wildman–Crippen LogP) is 20.8. The van der Waals surface area contributed by atoms with Crippen LogP contribution < -0.4 is 14.4 Å². The molecule has 4 aliphatic carbocycles. The van der Waals surface area contributed by atoms with Gasteiger partial charge in [0.2, 0.25) is 0 Å². The topological polar surface area (TPSA) is 21.7 Å². The number of allylic oxidation sites excluding steroid dienone is 4. The molecule has 0 saturated carbocycles. The molecule has 1 heterocycles. The fraction of sp³-hybridized carbons (Fsp3) is 0.0500. The summed E-state index contributed by atoms with van der Waals surface area (Å²) in [7, 11) is 0. The second-order valence-corrected chi connectivity index (χ2v) is 22.5. The van der Waals surface area contributed by atoms with E-state index in [1.165, 1.54) is 72.3 Å². The van der Waals surface area contributed by atoms with Gasteiger partial charge in [-0.3, -0.25) is 0 Å². The van der Waals surface area contributed by atoms with Gasteiger partial charge in [0.25, 0.3) is 0 Å². The van der Waals surface area contributed by atoms with E-state index >= 15 is 0 Å². The molecular weight excluding hydrogens is 1010 g/mol. The largest absolute Gasteiger partial charge is 0.449 e. The van der Waals surface area contributed by atoms with Gasteiger partial charge < -0.3 is 14.4 Å². The van der Waals surface area contributed by atoms with E-state index in [4.69, 9.17) is 9.47 Å². The molecule has 0 amide bonds. The number of hydrogen-bond donors (Lipinski definition) is 0. The highest BCUT2D eigenvalue weighted by molar-refractivity contribution is 5.98. The average molecular weight is 1060 g/mol. The van der Waals surface area contributed by atoms with E-state index in [1.807, 2.05) is 0 Å². The quantitative estimate of drug-likeness (QED) is 0.151. The molecule has 17 rings (SSSR count). The van der Waals surface area contributed by atoms with E-state index in [1.54, 1.807) is 0 Å². The maximum atomic E-state index is 7.27. The standard InChI is InChI=1S/C80H53NO2/c1-4-20-52(21-5-1)53-36-42-59(43-37-53)81(60-44-38-54(39-45-60)55-40-46-65-64-29-10-15-31-67(64)79(72(65)50-55,57-22-6-2-7-23-57)58-24-8-3-9-25-58)73-35-19-14-26-61(73)56-41-48-74-76(51-56)83-78-75(82-74)49-47-71-77(78)66-30-13-18-34-70(66)80(71)68-32-16-11-27-62(68)63-28-12-17-33-69(63)80/h1-24,26-51,58H,25H2. The lowest BCUT2D eigenvalue weighted by atomic mass is 9.62. The van der Waals surface area contributed by atoms with Crippen molar-refractivity contribution in [2.24, 2.45) is 5.92 Å². The molecule has 2 atom stereocenters. The normalized spacial score (nSPS) is 16.5. The van der Waals surface area contributed by atoms with Gasteiger partial charge >= 0.3 is 0 Å². The van der Waals surface area contributed by atoms with Crippen LogP contribution in [0.1, 0.15) is 45.4 Å². The van der Waals surface area contributed by atoms with Crippen LogP contribution in [-0.2, 0) is 10.8 Å². The van der Waals surface area contributed by atoms with E-state index in [0.717, 1.165) is 62.6 Å². The van der Waals surface area contributed by atoms with Gasteiger partial charge in [-0.05, 0) is 162 Å². The first-order valence-electron chi connectivity index (χ1n) is 28.9. The van der Waals surface area contributed by atoms with E-state index in [2.05, 4.69) is 308 Å². The summed E-state index contributed by atoms with van der Waals surface area (Å²) in [4.78, 5) is 2.39. The molecule has 1 aliphatic heterocycles. The molecule has 12 aromatic rings. The summed E-state index contributed by atoms with van der Waals surface area (Å²) in [6, 6.07) is 102. The molecular formula is C80H53NO2. The minimum absolute atomic E-state index is 0.252. The lowest BCUT2D eigenvalue weighted by molar-refractivity contribution is 0.360. The molecule has 12 aromatic carbocycles. The van der Waals surface area contributed by atoms with Crippen LogP contribution >= 0.6 is 0 Å². The molecule has 0 saturated heterocycles. The Hall–Kier alpha value is -10.5.